The molecule has 2 heterocycles. The second kappa shape index (κ2) is 11.9. The predicted octanol–water partition coefficient (Wildman–Crippen LogP) is 5.09. The van der Waals surface area contributed by atoms with Gasteiger partial charge in [0, 0.05) is 4.88 Å². The Labute approximate surface area is 243 Å². The van der Waals surface area contributed by atoms with Crippen molar-refractivity contribution in [1.29, 1.82) is 0 Å². The fourth-order valence-corrected chi connectivity index (χ4v) is 9.08. The van der Waals surface area contributed by atoms with E-state index in [1.807, 2.05) is 0 Å². The molecule has 2 unspecified atom stereocenters. The van der Waals surface area contributed by atoms with Crippen LogP contribution in [-0.2, 0) is 19.7 Å². The van der Waals surface area contributed by atoms with Gasteiger partial charge in [-0.15, -0.1) is 17.9 Å². The lowest BCUT2D eigenvalue weighted by Gasteiger charge is -2.20. The van der Waals surface area contributed by atoms with Crippen LogP contribution in [0.15, 0.2) is 51.8 Å². The van der Waals surface area contributed by atoms with E-state index in [0.717, 1.165) is 17.4 Å². The summed E-state index contributed by atoms with van der Waals surface area (Å²) < 4.78 is 59.7. The Morgan fingerprint density at radius 3 is 2.20 bits per heavy atom. The van der Waals surface area contributed by atoms with Crippen LogP contribution >= 0.6 is 22.9 Å². The van der Waals surface area contributed by atoms with Gasteiger partial charge in [0.05, 0.1) is 15.5 Å². The Morgan fingerprint density at radius 2 is 1.68 bits per heavy atom. The first kappa shape index (κ1) is 31.6. The molecule has 0 saturated carbocycles. The number of benzene rings is 1. The van der Waals surface area contributed by atoms with Gasteiger partial charge in [-0.3, -0.25) is 4.79 Å². The summed E-state index contributed by atoms with van der Waals surface area (Å²) in [6, 6.07) is 3.18. The number of amides is 1. The lowest BCUT2D eigenvalue weighted by molar-refractivity contribution is 0.102. The Kier molecular flexibility index (Phi) is 9.36. The molecule has 40 heavy (non-hydrogen) atoms. The average Bonchev–Trinajstić information content (AvgIpc) is 3.37. The standard InChI is InChI=1S/C26H31ClN4O6S3/c1-9-19(28-8)39(33,34)18-12-13(3)11-14(4)22(18)30-25(32)23-24(15(5)17(7)38-23)40(35,36)20(10-2)29-26-21(27)16(6)31-37-26/h9-12,19-20,28-29H,1-2H2,3-8H3,(H,30,32). The Bertz CT molecular complexity index is 1710. The third-order valence-corrected chi connectivity index (χ3v) is 12.1. The second-order valence-corrected chi connectivity index (χ2v) is 14.7. The van der Waals surface area contributed by atoms with Crippen LogP contribution in [0.3, 0.4) is 0 Å². The quantitative estimate of drug-likeness (QED) is 0.248. The Morgan fingerprint density at radius 1 is 1.05 bits per heavy atom. The smallest absolute Gasteiger partial charge is 0.267 e. The second-order valence-electron chi connectivity index (χ2n) is 9.10. The molecule has 10 nitrogen and oxygen atoms in total. The molecule has 0 fully saturated rings. The number of carbonyl (C=O) groups is 1. The van der Waals surface area contributed by atoms with Gasteiger partial charge in [-0.25, -0.2) is 16.8 Å². The van der Waals surface area contributed by atoms with Crippen LogP contribution < -0.4 is 16.0 Å². The highest BCUT2D eigenvalue weighted by Crippen LogP contribution is 2.37. The number of nitrogens with zero attached hydrogens (tertiary/aromatic N) is 1. The maximum atomic E-state index is 13.9. The van der Waals surface area contributed by atoms with Gasteiger partial charge in [0.1, 0.15) is 21.0 Å². The number of hydrogen-bond donors (Lipinski definition) is 3. The molecule has 216 valence electrons. The summed E-state index contributed by atoms with van der Waals surface area (Å²) >= 11 is 7.15. The summed E-state index contributed by atoms with van der Waals surface area (Å²) in [7, 11) is -6.81. The normalized spacial score (nSPS) is 13.5. The van der Waals surface area contributed by atoms with Crippen molar-refractivity contribution < 1.29 is 26.2 Å². The lowest BCUT2D eigenvalue weighted by Crippen LogP contribution is -2.33. The van der Waals surface area contributed by atoms with Crippen LogP contribution in [0.5, 0.6) is 0 Å². The number of likely N-dealkylation sites (N-methyl/N-ethyl adjacent to an activating group) is 1. The molecule has 3 aromatic rings. The van der Waals surface area contributed by atoms with Crippen molar-refractivity contribution in [3.8, 4) is 0 Å². The number of rotatable bonds is 11. The van der Waals surface area contributed by atoms with Gasteiger partial charge in [0.25, 0.3) is 5.91 Å². The number of aromatic nitrogens is 1. The Balaban J connectivity index is 2.13. The molecular formula is C26H31ClN4O6S3. The van der Waals surface area contributed by atoms with E-state index in [2.05, 4.69) is 34.3 Å². The molecule has 2 atom stereocenters. The molecule has 1 amide bonds. The first-order valence-corrected chi connectivity index (χ1v) is 16.2. The minimum Gasteiger partial charge on any atom is -0.337 e. The third kappa shape index (κ3) is 5.75. The van der Waals surface area contributed by atoms with Gasteiger partial charge in [-0.2, -0.15) is 0 Å². The summed E-state index contributed by atoms with van der Waals surface area (Å²) in [5, 5.41) is 9.35. The monoisotopic (exact) mass is 626 g/mol. The molecule has 0 aliphatic carbocycles. The number of aryl methyl sites for hydroxylation is 4. The van der Waals surface area contributed by atoms with E-state index in [1.54, 1.807) is 40.7 Å². The first-order valence-electron chi connectivity index (χ1n) is 11.9. The highest BCUT2D eigenvalue weighted by Gasteiger charge is 2.36. The summed E-state index contributed by atoms with van der Waals surface area (Å²) in [5.74, 6) is -0.839. The molecule has 14 heteroatoms. The van der Waals surface area contributed by atoms with Crippen molar-refractivity contribution in [1.82, 2.24) is 10.5 Å². The molecule has 3 rings (SSSR count). The molecule has 0 spiro atoms. The highest BCUT2D eigenvalue weighted by atomic mass is 35.5. The maximum Gasteiger partial charge on any atom is 0.267 e. The zero-order valence-corrected chi connectivity index (χ0v) is 26.1. The van der Waals surface area contributed by atoms with E-state index in [4.69, 9.17) is 16.1 Å². The van der Waals surface area contributed by atoms with Crippen molar-refractivity contribution in [3.05, 3.63) is 74.6 Å². The number of hydrogen-bond acceptors (Lipinski definition) is 10. The maximum absolute atomic E-state index is 13.9. The molecule has 3 N–H and O–H groups in total. The van der Waals surface area contributed by atoms with E-state index >= 15 is 0 Å². The van der Waals surface area contributed by atoms with Crippen LogP contribution in [0.4, 0.5) is 11.6 Å². The van der Waals surface area contributed by atoms with Crippen LogP contribution in [0.25, 0.3) is 0 Å². The van der Waals surface area contributed by atoms with Crippen LogP contribution in [0, 0.1) is 34.6 Å². The molecule has 1 aromatic carbocycles. The predicted molar refractivity (Wildman–Crippen MR) is 159 cm³/mol. The molecule has 2 aromatic heterocycles. The summed E-state index contributed by atoms with van der Waals surface area (Å²) in [4.78, 5) is 13.9. The SMILES string of the molecule is C=CC(NC)S(=O)(=O)c1cc(C)cc(C)c1NC(=O)c1sc(C)c(C)c1S(=O)(=O)C(C=C)Nc1onc(C)c1Cl. The molecule has 0 bridgehead atoms. The number of thiophene rings is 1. The van der Waals surface area contributed by atoms with E-state index in [9.17, 15) is 21.6 Å². The van der Waals surface area contributed by atoms with Gasteiger partial charge < -0.3 is 20.5 Å². The number of anilines is 2. The van der Waals surface area contributed by atoms with Crippen LogP contribution in [-0.4, -0.2) is 45.7 Å². The van der Waals surface area contributed by atoms with Crippen molar-refractivity contribution in [3.63, 3.8) is 0 Å². The number of nitrogens with one attached hydrogen (secondary N) is 3. The van der Waals surface area contributed by atoms with E-state index in [0.29, 0.717) is 27.3 Å². The van der Waals surface area contributed by atoms with Crippen molar-refractivity contribution in [2.45, 2.75) is 55.2 Å². The summed E-state index contributed by atoms with van der Waals surface area (Å²) in [6.07, 6.45) is 2.40. The summed E-state index contributed by atoms with van der Waals surface area (Å²) in [5.41, 5.74) is 1.94. The summed E-state index contributed by atoms with van der Waals surface area (Å²) in [6.45, 7) is 15.5. The fraction of sp³-hybridized carbons (Fsp3) is 0.308. The van der Waals surface area contributed by atoms with Gasteiger partial charge >= 0.3 is 0 Å². The molecular weight excluding hydrogens is 596 g/mol. The highest BCUT2D eigenvalue weighted by molar-refractivity contribution is 7.92. The van der Waals surface area contributed by atoms with Gasteiger partial charge in [-0.1, -0.05) is 41.6 Å². The molecule has 0 saturated heterocycles. The van der Waals surface area contributed by atoms with Crippen LogP contribution in [0.2, 0.25) is 5.02 Å². The molecule has 0 radical (unpaired) electrons. The van der Waals surface area contributed by atoms with E-state index in [-0.39, 0.29) is 31.3 Å². The molecule has 0 aliphatic heterocycles. The third-order valence-electron chi connectivity index (χ3n) is 6.26. The number of carbonyl (C=O) groups excluding carboxylic acids is 1. The number of sulfone groups is 2. The number of halogens is 1. The van der Waals surface area contributed by atoms with Crippen molar-refractivity contribution >= 4 is 60.1 Å². The lowest BCUT2D eigenvalue weighted by atomic mass is 10.1. The average molecular weight is 627 g/mol. The van der Waals surface area contributed by atoms with Crippen molar-refractivity contribution in [2.24, 2.45) is 0 Å². The minimum atomic E-state index is -4.28. The van der Waals surface area contributed by atoms with Gasteiger partial charge in [0.15, 0.2) is 15.2 Å². The van der Waals surface area contributed by atoms with Gasteiger partial charge in [0.2, 0.25) is 15.7 Å². The Hall–Kier alpha value is -2.97. The van der Waals surface area contributed by atoms with Gasteiger partial charge in [-0.05, 0) is 64.4 Å². The fourth-order valence-electron chi connectivity index (χ4n) is 4.09. The topological polar surface area (TPSA) is 147 Å². The van der Waals surface area contributed by atoms with Crippen LogP contribution in [0.1, 0.15) is 36.9 Å². The zero-order valence-electron chi connectivity index (χ0n) is 22.9. The molecule has 0 aliphatic rings. The largest absolute Gasteiger partial charge is 0.337 e. The zero-order chi connectivity index (χ0) is 30.2. The van der Waals surface area contributed by atoms with Crippen molar-refractivity contribution in [2.75, 3.05) is 17.7 Å². The van der Waals surface area contributed by atoms with E-state index < -0.39 is 36.3 Å². The van der Waals surface area contributed by atoms with E-state index in [1.165, 1.54) is 19.2 Å². The first-order chi connectivity index (χ1) is 18.6. The minimum absolute atomic E-state index is 0.0482.